The second-order valence-corrected chi connectivity index (χ2v) is 5.86. The third-order valence-corrected chi connectivity index (χ3v) is 4.18. The van der Waals surface area contributed by atoms with Crippen LogP contribution < -0.4 is 5.73 Å². The van der Waals surface area contributed by atoms with E-state index >= 15 is 0 Å². The van der Waals surface area contributed by atoms with Crippen LogP contribution in [0.1, 0.15) is 37.8 Å². The van der Waals surface area contributed by atoms with Crippen LogP contribution in [0.25, 0.3) is 0 Å². The van der Waals surface area contributed by atoms with Crippen LogP contribution in [-0.4, -0.2) is 23.0 Å². The zero-order valence-electron chi connectivity index (χ0n) is 11.2. The zero-order chi connectivity index (χ0) is 13.1. The van der Waals surface area contributed by atoms with E-state index in [4.69, 9.17) is 18.0 Å². The second-order valence-electron chi connectivity index (χ2n) is 5.34. The SMILES string of the molecule is CC(C1CC1)N(C)C(CC(N)=S)c1ccccc1. The second kappa shape index (κ2) is 5.81. The van der Waals surface area contributed by atoms with Crippen molar-refractivity contribution in [3.8, 4) is 0 Å². The molecule has 18 heavy (non-hydrogen) atoms. The third kappa shape index (κ3) is 3.30. The quantitative estimate of drug-likeness (QED) is 0.799. The molecular weight excluding hydrogens is 240 g/mol. The first kappa shape index (κ1) is 13.5. The number of nitrogens with two attached hydrogens (primary N) is 1. The summed E-state index contributed by atoms with van der Waals surface area (Å²) in [6, 6.07) is 11.4. The van der Waals surface area contributed by atoms with E-state index in [1.165, 1.54) is 18.4 Å². The molecule has 0 radical (unpaired) electrons. The summed E-state index contributed by atoms with van der Waals surface area (Å²) in [5, 5.41) is 0. The van der Waals surface area contributed by atoms with Gasteiger partial charge in [0.15, 0.2) is 0 Å². The molecule has 0 saturated heterocycles. The molecule has 1 aromatic rings. The maximum Gasteiger partial charge on any atom is 0.0746 e. The molecular formula is C15H22N2S. The largest absolute Gasteiger partial charge is 0.393 e. The monoisotopic (exact) mass is 262 g/mol. The van der Waals surface area contributed by atoms with Gasteiger partial charge in [0.2, 0.25) is 0 Å². The fourth-order valence-corrected chi connectivity index (χ4v) is 2.72. The zero-order valence-corrected chi connectivity index (χ0v) is 12.0. The molecule has 1 fully saturated rings. The lowest BCUT2D eigenvalue weighted by molar-refractivity contribution is 0.171. The number of benzene rings is 1. The predicted octanol–water partition coefficient (Wildman–Crippen LogP) is 3.13. The Bertz CT molecular complexity index is 400. The number of thiocarbonyl (C=S) groups is 1. The number of hydrogen-bond donors (Lipinski definition) is 1. The molecule has 2 atom stereocenters. The lowest BCUT2D eigenvalue weighted by Crippen LogP contribution is -2.36. The van der Waals surface area contributed by atoms with Crippen molar-refractivity contribution in [2.45, 2.75) is 38.3 Å². The van der Waals surface area contributed by atoms with E-state index in [9.17, 15) is 0 Å². The van der Waals surface area contributed by atoms with E-state index in [2.05, 4.69) is 43.1 Å². The van der Waals surface area contributed by atoms with Gasteiger partial charge >= 0.3 is 0 Å². The molecule has 2 nitrogen and oxygen atoms in total. The van der Waals surface area contributed by atoms with Crippen LogP contribution >= 0.6 is 12.2 Å². The lowest BCUT2D eigenvalue weighted by atomic mass is 10.00. The van der Waals surface area contributed by atoms with Crippen molar-refractivity contribution in [1.29, 1.82) is 0 Å². The molecule has 1 aliphatic carbocycles. The molecule has 98 valence electrons. The summed E-state index contributed by atoms with van der Waals surface area (Å²) in [5.41, 5.74) is 7.07. The minimum absolute atomic E-state index is 0.305. The Morgan fingerprint density at radius 3 is 2.50 bits per heavy atom. The Kier molecular flexibility index (Phi) is 4.36. The Morgan fingerprint density at radius 2 is 2.00 bits per heavy atom. The van der Waals surface area contributed by atoms with Gasteiger partial charge in [0.25, 0.3) is 0 Å². The Balaban J connectivity index is 2.16. The topological polar surface area (TPSA) is 29.3 Å². The van der Waals surface area contributed by atoms with Gasteiger partial charge in [-0.05, 0) is 38.3 Å². The molecule has 0 bridgehead atoms. The van der Waals surface area contributed by atoms with Crippen molar-refractivity contribution in [1.82, 2.24) is 4.90 Å². The smallest absolute Gasteiger partial charge is 0.0746 e. The summed E-state index contributed by atoms with van der Waals surface area (Å²) in [6.45, 7) is 2.31. The summed E-state index contributed by atoms with van der Waals surface area (Å²) in [5.74, 6) is 0.854. The van der Waals surface area contributed by atoms with Gasteiger partial charge in [0, 0.05) is 18.5 Å². The third-order valence-electron chi connectivity index (χ3n) is 4.02. The highest BCUT2D eigenvalue weighted by molar-refractivity contribution is 7.80. The van der Waals surface area contributed by atoms with Crippen LogP contribution in [0.2, 0.25) is 0 Å². The molecule has 2 unspecified atom stereocenters. The first-order valence-corrected chi connectivity index (χ1v) is 7.05. The first-order chi connectivity index (χ1) is 8.59. The highest BCUT2D eigenvalue weighted by Crippen LogP contribution is 2.38. The van der Waals surface area contributed by atoms with Crippen molar-refractivity contribution < 1.29 is 0 Å². The highest BCUT2D eigenvalue weighted by Gasteiger charge is 2.33. The molecule has 2 N–H and O–H groups in total. The van der Waals surface area contributed by atoms with Crippen molar-refractivity contribution in [2.24, 2.45) is 11.7 Å². The standard InChI is InChI=1S/C15H22N2S/c1-11(12-8-9-12)17(2)14(10-15(16)18)13-6-4-3-5-7-13/h3-7,11-12,14H,8-10H2,1-2H3,(H2,16,18). The Hall–Kier alpha value is -0.930. The number of nitrogens with zero attached hydrogens (tertiary/aromatic N) is 1. The number of rotatable bonds is 6. The van der Waals surface area contributed by atoms with E-state index in [1.54, 1.807) is 0 Å². The van der Waals surface area contributed by atoms with Gasteiger partial charge in [-0.2, -0.15) is 0 Å². The highest BCUT2D eigenvalue weighted by atomic mass is 32.1. The van der Waals surface area contributed by atoms with Gasteiger partial charge < -0.3 is 5.73 Å². The normalized spacial score (nSPS) is 18.6. The van der Waals surface area contributed by atoms with Crippen LogP contribution in [0.5, 0.6) is 0 Å². The van der Waals surface area contributed by atoms with Gasteiger partial charge in [-0.1, -0.05) is 42.5 Å². The molecule has 2 rings (SSSR count). The van der Waals surface area contributed by atoms with Crippen LogP contribution in [0.15, 0.2) is 30.3 Å². The van der Waals surface area contributed by atoms with E-state index in [-0.39, 0.29) is 0 Å². The van der Waals surface area contributed by atoms with E-state index in [0.717, 1.165) is 12.3 Å². The predicted molar refractivity (Wildman–Crippen MR) is 80.5 cm³/mol. The summed E-state index contributed by atoms with van der Waals surface area (Å²) in [4.78, 5) is 3.03. The Morgan fingerprint density at radius 1 is 1.39 bits per heavy atom. The fourth-order valence-electron chi connectivity index (χ4n) is 2.56. The minimum atomic E-state index is 0.305. The van der Waals surface area contributed by atoms with Gasteiger partial charge in [-0.3, -0.25) is 4.90 Å². The summed E-state index contributed by atoms with van der Waals surface area (Å²) >= 11 is 5.11. The lowest BCUT2D eigenvalue weighted by Gasteiger charge is -2.33. The average molecular weight is 262 g/mol. The summed E-state index contributed by atoms with van der Waals surface area (Å²) in [6.07, 6.45) is 3.48. The Labute approximate surface area is 115 Å². The molecule has 0 aliphatic heterocycles. The van der Waals surface area contributed by atoms with Crippen molar-refractivity contribution in [2.75, 3.05) is 7.05 Å². The van der Waals surface area contributed by atoms with Gasteiger partial charge in [-0.15, -0.1) is 0 Å². The summed E-state index contributed by atoms with van der Waals surface area (Å²) in [7, 11) is 2.19. The molecule has 1 aromatic carbocycles. The first-order valence-electron chi connectivity index (χ1n) is 6.64. The number of hydrogen-bond acceptors (Lipinski definition) is 2. The van der Waals surface area contributed by atoms with Crippen LogP contribution in [0, 0.1) is 5.92 Å². The van der Waals surface area contributed by atoms with Crippen molar-refractivity contribution in [3.05, 3.63) is 35.9 Å². The van der Waals surface area contributed by atoms with Crippen molar-refractivity contribution >= 4 is 17.2 Å². The van der Waals surface area contributed by atoms with E-state index in [0.29, 0.717) is 17.1 Å². The molecule has 0 spiro atoms. The molecule has 0 amide bonds. The fraction of sp³-hybridized carbons (Fsp3) is 0.533. The van der Waals surface area contributed by atoms with Crippen LogP contribution in [0.4, 0.5) is 0 Å². The van der Waals surface area contributed by atoms with Crippen LogP contribution in [-0.2, 0) is 0 Å². The molecule has 0 aromatic heterocycles. The molecule has 3 heteroatoms. The molecule has 1 saturated carbocycles. The van der Waals surface area contributed by atoms with Crippen LogP contribution in [0.3, 0.4) is 0 Å². The summed E-state index contributed by atoms with van der Waals surface area (Å²) < 4.78 is 0. The van der Waals surface area contributed by atoms with E-state index < -0.39 is 0 Å². The average Bonchev–Trinajstić information content (AvgIpc) is 3.19. The minimum Gasteiger partial charge on any atom is -0.393 e. The van der Waals surface area contributed by atoms with Gasteiger partial charge in [-0.25, -0.2) is 0 Å². The maximum atomic E-state index is 5.77. The van der Waals surface area contributed by atoms with E-state index in [1.807, 2.05) is 6.07 Å². The molecule has 0 heterocycles. The maximum absolute atomic E-state index is 5.77. The van der Waals surface area contributed by atoms with Gasteiger partial charge in [0.1, 0.15) is 0 Å². The van der Waals surface area contributed by atoms with Gasteiger partial charge in [0.05, 0.1) is 4.99 Å². The molecule has 1 aliphatic rings. The van der Waals surface area contributed by atoms with Crippen molar-refractivity contribution in [3.63, 3.8) is 0 Å².